The maximum atomic E-state index is 4.16. The molecule has 1 heterocycles. The zero-order valence-electron chi connectivity index (χ0n) is 6.91. The molecule has 0 radical (unpaired) electrons. The lowest BCUT2D eigenvalue weighted by Gasteiger charge is -1.92. The second kappa shape index (κ2) is 3.19. The minimum Gasteiger partial charge on any atom is -0.336 e. The summed E-state index contributed by atoms with van der Waals surface area (Å²) in [6.07, 6.45) is 5.40. The highest BCUT2D eigenvalue weighted by atomic mass is 15.0. The van der Waals surface area contributed by atoms with Crippen molar-refractivity contribution in [1.82, 2.24) is 4.57 Å². The summed E-state index contributed by atoms with van der Waals surface area (Å²) in [5.74, 6) is 0.961. The second-order valence-electron chi connectivity index (χ2n) is 2.50. The molecule has 0 saturated heterocycles. The van der Waals surface area contributed by atoms with Crippen LogP contribution in [0.25, 0.3) is 0 Å². The van der Waals surface area contributed by atoms with Gasteiger partial charge in [0.15, 0.2) is 0 Å². The zero-order valence-corrected chi connectivity index (χ0v) is 6.91. The highest BCUT2D eigenvalue weighted by Gasteiger charge is 1.94. The lowest BCUT2D eigenvalue weighted by Crippen LogP contribution is -1.81. The Bertz CT molecular complexity index is 282. The maximum absolute atomic E-state index is 4.16. The third kappa shape index (κ3) is 1.80. The lowest BCUT2D eigenvalue weighted by atomic mass is 10.4. The molecule has 1 aromatic rings. The van der Waals surface area contributed by atoms with E-state index < -0.39 is 0 Å². The molecule has 0 atom stereocenters. The van der Waals surface area contributed by atoms with Crippen LogP contribution in [0.2, 0.25) is 0 Å². The Hall–Kier alpha value is -1.31. The van der Waals surface area contributed by atoms with Gasteiger partial charge >= 0.3 is 0 Å². The highest BCUT2D eigenvalue weighted by Crippen LogP contribution is 2.13. The van der Waals surface area contributed by atoms with Crippen LogP contribution < -0.4 is 0 Å². The quantitative estimate of drug-likeness (QED) is 0.572. The molecule has 0 unspecified atom stereocenters. The molecule has 0 aliphatic rings. The first-order chi connectivity index (χ1) is 5.24. The number of nitrogens with zero attached hydrogens (tertiary/aromatic N) is 2. The smallest absolute Gasteiger partial charge is 0.132 e. The van der Waals surface area contributed by atoms with Crippen molar-refractivity contribution in [2.75, 3.05) is 0 Å². The Kier molecular flexibility index (Phi) is 2.26. The van der Waals surface area contributed by atoms with Gasteiger partial charge in [-0.05, 0) is 18.6 Å². The Morgan fingerprint density at radius 3 is 2.82 bits per heavy atom. The molecule has 0 N–H and O–H groups in total. The van der Waals surface area contributed by atoms with Crippen LogP contribution in [-0.2, 0) is 7.05 Å². The van der Waals surface area contributed by atoms with E-state index >= 15 is 0 Å². The third-order valence-electron chi connectivity index (χ3n) is 1.43. The third-order valence-corrected chi connectivity index (χ3v) is 1.43. The van der Waals surface area contributed by atoms with Crippen molar-refractivity contribution in [2.24, 2.45) is 12.0 Å². The molecule has 58 valence electrons. The largest absolute Gasteiger partial charge is 0.336 e. The number of hydrogen-bond acceptors (Lipinski definition) is 1. The maximum Gasteiger partial charge on any atom is 0.132 e. The first kappa shape index (κ1) is 7.79. The molecule has 2 heteroatoms. The van der Waals surface area contributed by atoms with Crippen LogP contribution in [-0.4, -0.2) is 10.8 Å². The summed E-state index contributed by atoms with van der Waals surface area (Å²) in [4.78, 5) is 4.16. The Morgan fingerprint density at radius 1 is 1.64 bits per heavy atom. The fourth-order valence-electron chi connectivity index (χ4n) is 0.972. The molecule has 1 rings (SSSR count). The van der Waals surface area contributed by atoms with Crippen molar-refractivity contribution in [3.8, 4) is 0 Å². The van der Waals surface area contributed by atoms with Crippen LogP contribution in [0.1, 0.15) is 5.56 Å². The fourth-order valence-corrected chi connectivity index (χ4v) is 0.972. The van der Waals surface area contributed by atoms with E-state index in [-0.39, 0.29) is 0 Å². The van der Waals surface area contributed by atoms with Gasteiger partial charge in [0, 0.05) is 19.5 Å². The lowest BCUT2D eigenvalue weighted by molar-refractivity contribution is 0.924. The number of allylic oxidation sites excluding steroid dienone is 1. The molecule has 0 aliphatic heterocycles. The van der Waals surface area contributed by atoms with Crippen LogP contribution in [0.3, 0.4) is 0 Å². The molecular weight excluding hydrogens is 136 g/mol. The Morgan fingerprint density at radius 2 is 2.36 bits per heavy atom. The van der Waals surface area contributed by atoms with E-state index in [1.165, 1.54) is 5.56 Å². The molecule has 11 heavy (non-hydrogen) atoms. The first-order valence-electron chi connectivity index (χ1n) is 3.52. The van der Waals surface area contributed by atoms with Crippen LogP contribution in [0, 0.1) is 6.92 Å². The predicted molar refractivity (Wildman–Crippen MR) is 48.5 cm³/mol. The second-order valence-corrected chi connectivity index (χ2v) is 2.50. The van der Waals surface area contributed by atoms with Crippen LogP contribution in [0.5, 0.6) is 0 Å². The minimum absolute atomic E-state index is 0.961. The average molecular weight is 148 g/mol. The van der Waals surface area contributed by atoms with Gasteiger partial charge in [-0.1, -0.05) is 12.7 Å². The van der Waals surface area contributed by atoms with Gasteiger partial charge in [-0.25, -0.2) is 4.99 Å². The van der Waals surface area contributed by atoms with Gasteiger partial charge in [-0.15, -0.1) is 0 Å². The van der Waals surface area contributed by atoms with Gasteiger partial charge in [0.1, 0.15) is 5.82 Å². The van der Waals surface area contributed by atoms with Crippen molar-refractivity contribution in [1.29, 1.82) is 0 Å². The summed E-state index contributed by atoms with van der Waals surface area (Å²) in [6, 6.07) is 2.03. The zero-order chi connectivity index (χ0) is 8.27. The SMILES string of the molecule is C=C/C=N\c1cc(C)cn1C. The number of rotatable bonds is 2. The monoisotopic (exact) mass is 148 g/mol. The molecule has 0 saturated carbocycles. The Labute approximate surface area is 66.9 Å². The van der Waals surface area contributed by atoms with Gasteiger partial charge in [0.2, 0.25) is 0 Å². The summed E-state index contributed by atoms with van der Waals surface area (Å²) in [5.41, 5.74) is 1.23. The summed E-state index contributed by atoms with van der Waals surface area (Å²) >= 11 is 0. The topological polar surface area (TPSA) is 17.3 Å². The van der Waals surface area contributed by atoms with E-state index in [4.69, 9.17) is 0 Å². The van der Waals surface area contributed by atoms with Crippen molar-refractivity contribution in [3.63, 3.8) is 0 Å². The van der Waals surface area contributed by atoms with Crippen LogP contribution in [0.4, 0.5) is 5.82 Å². The van der Waals surface area contributed by atoms with E-state index in [9.17, 15) is 0 Å². The van der Waals surface area contributed by atoms with Crippen molar-refractivity contribution in [3.05, 3.63) is 30.5 Å². The highest BCUT2D eigenvalue weighted by molar-refractivity contribution is 5.73. The van der Waals surface area contributed by atoms with Gasteiger partial charge < -0.3 is 4.57 Å². The Balaban J connectivity index is 2.93. The van der Waals surface area contributed by atoms with E-state index in [1.54, 1.807) is 12.3 Å². The van der Waals surface area contributed by atoms with Crippen molar-refractivity contribution in [2.45, 2.75) is 6.92 Å². The molecule has 1 aromatic heterocycles. The van der Waals surface area contributed by atoms with Gasteiger partial charge in [-0.2, -0.15) is 0 Å². The summed E-state index contributed by atoms with van der Waals surface area (Å²) in [5, 5.41) is 0. The van der Waals surface area contributed by atoms with Gasteiger partial charge in [0.25, 0.3) is 0 Å². The van der Waals surface area contributed by atoms with E-state index in [1.807, 2.05) is 30.8 Å². The number of aryl methyl sites for hydroxylation is 2. The van der Waals surface area contributed by atoms with Crippen molar-refractivity contribution >= 4 is 12.0 Å². The summed E-state index contributed by atoms with van der Waals surface area (Å²) in [6.45, 7) is 5.60. The number of hydrogen-bond donors (Lipinski definition) is 0. The first-order valence-corrected chi connectivity index (χ1v) is 3.52. The molecule has 0 bridgehead atoms. The van der Waals surface area contributed by atoms with E-state index in [0.29, 0.717) is 0 Å². The van der Waals surface area contributed by atoms with Crippen molar-refractivity contribution < 1.29 is 0 Å². The molecule has 2 nitrogen and oxygen atoms in total. The molecule has 0 spiro atoms. The number of aromatic nitrogens is 1. The number of aliphatic imine (C=N–C) groups is 1. The normalized spacial score (nSPS) is 10.7. The molecule has 0 aromatic carbocycles. The molecule has 0 fully saturated rings. The molecule has 0 aliphatic carbocycles. The van der Waals surface area contributed by atoms with E-state index in [2.05, 4.69) is 11.6 Å². The standard InChI is InChI=1S/C9H12N2/c1-4-5-10-9-6-8(2)7-11(9)3/h4-7H,1H2,2-3H3/b10-5-. The summed E-state index contributed by atoms with van der Waals surface area (Å²) in [7, 11) is 1.97. The predicted octanol–water partition coefficient (Wildman–Crippen LogP) is 2.22. The molecular formula is C9H12N2. The fraction of sp³-hybridized carbons (Fsp3) is 0.222. The van der Waals surface area contributed by atoms with E-state index in [0.717, 1.165) is 5.82 Å². The van der Waals surface area contributed by atoms with Crippen LogP contribution >= 0.6 is 0 Å². The van der Waals surface area contributed by atoms with Gasteiger partial charge in [-0.3, -0.25) is 0 Å². The van der Waals surface area contributed by atoms with Crippen LogP contribution in [0.15, 0.2) is 29.9 Å². The van der Waals surface area contributed by atoms with Gasteiger partial charge in [0.05, 0.1) is 0 Å². The minimum atomic E-state index is 0.961. The average Bonchev–Trinajstić information content (AvgIpc) is 2.26. The molecule has 0 amide bonds. The summed E-state index contributed by atoms with van der Waals surface area (Å²) < 4.78 is 1.98.